The Balaban J connectivity index is 1.94. The molecule has 0 N–H and O–H groups in total. The average Bonchev–Trinajstić information content (AvgIpc) is 3.09. The van der Waals surface area contributed by atoms with Crippen LogP contribution in [0.4, 0.5) is 11.6 Å². The standard InChI is InChI=1S/C19H22ClN5O3/c1-4-8-25-17(26)15-16(22(2)19(25)27)21-18-23(9-5-10-24(15)18)12-6-7-14(28-3)13(20)11-12/h6-7,11H,4-5,8-10H2,1-3H3. The maximum absolute atomic E-state index is 13.0. The molecule has 0 spiro atoms. The van der Waals surface area contributed by atoms with Gasteiger partial charge in [0.2, 0.25) is 5.95 Å². The normalized spacial score (nSPS) is 13.8. The van der Waals surface area contributed by atoms with Gasteiger partial charge in [0.25, 0.3) is 5.56 Å². The van der Waals surface area contributed by atoms with Gasteiger partial charge in [0.1, 0.15) is 5.75 Å². The highest BCUT2D eigenvalue weighted by atomic mass is 35.5. The lowest BCUT2D eigenvalue weighted by Crippen LogP contribution is -2.39. The van der Waals surface area contributed by atoms with Crippen LogP contribution in [0, 0.1) is 0 Å². The molecule has 0 fully saturated rings. The number of rotatable bonds is 4. The van der Waals surface area contributed by atoms with Gasteiger partial charge in [0, 0.05) is 32.4 Å². The Bertz CT molecular complexity index is 1180. The lowest BCUT2D eigenvalue weighted by Gasteiger charge is -2.29. The van der Waals surface area contributed by atoms with Crippen molar-refractivity contribution < 1.29 is 4.74 Å². The summed E-state index contributed by atoms with van der Waals surface area (Å²) < 4.78 is 9.89. The molecular weight excluding hydrogens is 382 g/mol. The third-order valence-electron chi connectivity index (χ3n) is 5.11. The first-order chi connectivity index (χ1) is 13.5. The molecule has 0 amide bonds. The van der Waals surface area contributed by atoms with Crippen molar-refractivity contribution in [3.05, 3.63) is 44.1 Å². The highest BCUT2D eigenvalue weighted by Crippen LogP contribution is 2.35. The fourth-order valence-electron chi connectivity index (χ4n) is 3.75. The van der Waals surface area contributed by atoms with E-state index in [0.29, 0.717) is 47.4 Å². The molecule has 0 radical (unpaired) electrons. The van der Waals surface area contributed by atoms with E-state index < -0.39 is 0 Å². The van der Waals surface area contributed by atoms with Crippen LogP contribution in [0.2, 0.25) is 5.02 Å². The van der Waals surface area contributed by atoms with Gasteiger partial charge in [-0.15, -0.1) is 0 Å². The number of hydrogen-bond acceptors (Lipinski definition) is 5. The van der Waals surface area contributed by atoms with E-state index in [9.17, 15) is 9.59 Å². The lowest BCUT2D eigenvalue weighted by atomic mass is 10.2. The average molecular weight is 404 g/mol. The zero-order valence-corrected chi connectivity index (χ0v) is 16.9. The SMILES string of the molecule is CCCn1c(=O)c2c(nc3n2CCCN3c2ccc(OC)c(Cl)c2)n(C)c1=O. The van der Waals surface area contributed by atoms with Crippen molar-refractivity contribution in [1.29, 1.82) is 0 Å². The zero-order valence-electron chi connectivity index (χ0n) is 16.1. The minimum Gasteiger partial charge on any atom is -0.495 e. The Hall–Kier alpha value is -2.74. The summed E-state index contributed by atoms with van der Waals surface area (Å²) in [6.45, 7) is 3.74. The summed E-state index contributed by atoms with van der Waals surface area (Å²) in [5.74, 6) is 1.24. The Labute approximate surface area is 166 Å². The Morgan fingerprint density at radius 2 is 2.04 bits per heavy atom. The number of hydrogen-bond donors (Lipinski definition) is 0. The summed E-state index contributed by atoms with van der Waals surface area (Å²) in [6.07, 6.45) is 1.55. The second-order valence-electron chi connectivity index (χ2n) is 6.86. The van der Waals surface area contributed by atoms with Gasteiger partial charge in [-0.2, -0.15) is 4.98 Å². The maximum atomic E-state index is 13.0. The van der Waals surface area contributed by atoms with Crippen LogP contribution in [-0.2, 0) is 20.1 Å². The van der Waals surface area contributed by atoms with Crippen LogP contribution in [0.3, 0.4) is 0 Å². The number of anilines is 2. The van der Waals surface area contributed by atoms with E-state index in [-0.39, 0.29) is 11.2 Å². The predicted octanol–water partition coefficient (Wildman–Crippen LogP) is 2.51. The van der Waals surface area contributed by atoms with Gasteiger partial charge < -0.3 is 14.2 Å². The van der Waals surface area contributed by atoms with Crippen molar-refractivity contribution >= 4 is 34.4 Å². The Morgan fingerprint density at radius 3 is 2.71 bits per heavy atom. The highest BCUT2D eigenvalue weighted by Gasteiger charge is 2.27. The number of nitrogens with zero attached hydrogens (tertiary/aromatic N) is 5. The lowest BCUT2D eigenvalue weighted by molar-refractivity contribution is 0.415. The van der Waals surface area contributed by atoms with Gasteiger partial charge in [-0.1, -0.05) is 18.5 Å². The third-order valence-corrected chi connectivity index (χ3v) is 5.41. The summed E-state index contributed by atoms with van der Waals surface area (Å²) in [5.41, 5.74) is 1.11. The number of methoxy groups -OCH3 is 1. The second kappa shape index (κ2) is 7.01. The summed E-state index contributed by atoms with van der Waals surface area (Å²) in [5, 5.41) is 0.505. The van der Waals surface area contributed by atoms with Crippen LogP contribution >= 0.6 is 11.6 Å². The molecule has 1 aliphatic rings. The van der Waals surface area contributed by atoms with Crippen molar-refractivity contribution in [2.75, 3.05) is 18.6 Å². The molecule has 3 heterocycles. The quantitative estimate of drug-likeness (QED) is 0.669. The van der Waals surface area contributed by atoms with E-state index in [2.05, 4.69) is 4.98 Å². The molecule has 2 aromatic heterocycles. The van der Waals surface area contributed by atoms with Crippen molar-refractivity contribution in [2.45, 2.75) is 32.9 Å². The van der Waals surface area contributed by atoms with E-state index in [1.165, 1.54) is 9.13 Å². The summed E-state index contributed by atoms with van der Waals surface area (Å²) in [6, 6.07) is 5.54. The molecule has 148 valence electrons. The number of aromatic nitrogens is 4. The molecule has 9 heteroatoms. The summed E-state index contributed by atoms with van der Waals surface area (Å²) in [4.78, 5) is 32.3. The minimum absolute atomic E-state index is 0.284. The van der Waals surface area contributed by atoms with Crippen LogP contribution in [-0.4, -0.2) is 32.3 Å². The number of benzene rings is 1. The molecule has 3 aromatic rings. The van der Waals surface area contributed by atoms with Gasteiger partial charge in [0.05, 0.1) is 12.1 Å². The molecule has 28 heavy (non-hydrogen) atoms. The van der Waals surface area contributed by atoms with Gasteiger partial charge in [0.15, 0.2) is 11.2 Å². The van der Waals surface area contributed by atoms with Crippen LogP contribution in [0.25, 0.3) is 11.2 Å². The number of fused-ring (bicyclic) bond motifs is 3. The van der Waals surface area contributed by atoms with Gasteiger partial charge >= 0.3 is 5.69 Å². The maximum Gasteiger partial charge on any atom is 0.332 e. The van der Waals surface area contributed by atoms with Crippen LogP contribution in [0.1, 0.15) is 19.8 Å². The van der Waals surface area contributed by atoms with Crippen molar-refractivity contribution in [3.63, 3.8) is 0 Å². The van der Waals surface area contributed by atoms with Crippen molar-refractivity contribution in [3.8, 4) is 5.75 Å². The Kier molecular flexibility index (Phi) is 4.66. The van der Waals surface area contributed by atoms with Crippen molar-refractivity contribution in [2.24, 2.45) is 7.05 Å². The van der Waals surface area contributed by atoms with Gasteiger partial charge in [-0.25, -0.2) is 4.79 Å². The highest BCUT2D eigenvalue weighted by molar-refractivity contribution is 6.32. The molecule has 0 bridgehead atoms. The summed E-state index contributed by atoms with van der Waals surface area (Å²) in [7, 11) is 3.23. The molecule has 0 unspecified atom stereocenters. The number of halogens is 1. The first-order valence-corrected chi connectivity index (χ1v) is 9.66. The molecule has 1 aliphatic heterocycles. The van der Waals surface area contributed by atoms with Crippen LogP contribution < -0.4 is 20.9 Å². The third kappa shape index (κ3) is 2.71. The summed E-state index contributed by atoms with van der Waals surface area (Å²) >= 11 is 6.30. The largest absolute Gasteiger partial charge is 0.495 e. The smallest absolute Gasteiger partial charge is 0.332 e. The number of aryl methyl sites for hydroxylation is 2. The van der Waals surface area contributed by atoms with Crippen LogP contribution in [0.15, 0.2) is 27.8 Å². The molecule has 0 aliphatic carbocycles. The van der Waals surface area contributed by atoms with Gasteiger partial charge in [-0.3, -0.25) is 13.9 Å². The van der Waals surface area contributed by atoms with Crippen molar-refractivity contribution in [1.82, 2.24) is 18.7 Å². The minimum atomic E-state index is -0.339. The molecule has 0 saturated carbocycles. The van der Waals surface area contributed by atoms with E-state index in [1.807, 2.05) is 34.6 Å². The molecular formula is C19H22ClN5O3. The fraction of sp³-hybridized carbons (Fsp3) is 0.421. The topological polar surface area (TPSA) is 74.3 Å². The number of ether oxygens (including phenoxy) is 1. The molecule has 0 atom stereocenters. The van der Waals surface area contributed by atoms with E-state index in [4.69, 9.17) is 16.3 Å². The first kappa shape index (κ1) is 18.6. The molecule has 0 saturated heterocycles. The molecule has 1 aromatic carbocycles. The monoisotopic (exact) mass is 403 g/mol. The predicted molar refractivity (Wildman–Crippen MR) is 109 cm³/mol. The molecule has 4 rings (SSSR count). The van der Waals surface area contributed by atoms with E-state index in [1.54, 1.807) is 14.2 Å². The second-order valence-corrected chi connectivity index (χ2v) is 7.27. The van der Waals surface area contributed by atoms with E-state index >= 15 is 0 Å². The zero-order chi connectivity index (χ0) is 20.0. The van der Waals surface area contributed by atoms with Gasteiger partial charge in [-0.05, 0) is 31.0 Å². The Morgan fingerprint density at radius 1 is 1.25 bits per heavy atom. The van der Waals surface area contributed by atoms with E-state index in [0.717, 1.165) is 18.7 Å². The molecule has 8 nitrogen and oxygen atoms in total. The first-order valence-electron chi connectivity index (χ1n) is 9.29. The number of imidazole rings is 1. The van der Waals surface area contributed by atoms with Crippen LogP contribution in [0.5, 0.6) is 5.75 Å². The fourth-order valence-corrected chi connectivity index (χ4v) is 4.01.